The smallest absolute Gasteiger partial charge is 0.101 e. The SMILES string of the molecule is CC(C)(C)c1cccc(-c2cccc([C@@H](O)C(C)(C)C)n2)n1. The highest BCUT2D eigenvalue weighted by Gasteiger charge is 2.25. The van der Waals surface area contributed by atoms with E-state index in [2.05, 4.69) is 25.8 Å². The van der Waals surface area contributed by atoms with Crippen LogP contribution in [0.2, 0.25) is 0 Å². The maximum atomic E-state index is 10.4. The van der Waals surface area contributed by atoms with Gasteiger partial charge in [-0.3, -0.25) is 4.98 Å². The first-order valence-electron chi connectivity index (χ1n) is 7.72. The van der Waals surface area contributed by atoms with E-state index in [-0.39, 0.29) is 10.8 Å². The summed E-state index contributed by atoms with van der Waals surface area (Å²) in [6.07, 6.45) is -0.599. The van der Waals surface area contributed by atoms with Crippen LogP contribution in [0.4, 0.5) is 0 Å². The fraction of sp³-hybridized carbons (Fsp3) is 0.474. The third kappa shape index (κ3) is 3.72. The molecule has 0 aliphatic heterocycles. The maximum absolute atomic E-state index is 10.4. The zero-order valence-corrected chi connectivity index (χ0v) is 14.4. The van der Waals surface area contributed by atoms with Gasteiger partial charge in [-0.05, 0) is 29.7 Å². The highest BCUT2D eigenvalue weighted by molar-refractivity contribution is 5.54. The van der Waals surface area contributed by atoms with Gasteiger partial charge in [-0.2, -0.15) is 0 Å². The van der Waals surface area contributed by atoms with E-state index in [1.165, 1.54) is 0 Å². The van der Waals surface area contributed by atoms with Crippen molar-refractivity contribution in [3.8, 4) is 11.4 Å². The monoisotopic (exact) mass is 298 g/mol. The molecule has 3 heteroatoms. The lowest BCUT2D eigenvalue weighted by Gasteiger charge is -2.25. The van der Waals surface area contributed by atoms with Crippen LogP contribution in [0.1, 0.15) is 59.0 Å². The minimum Gasteiger partial charge on any atom is -0.386 e. The number of nitrogens with zero attached hydrogens (tertiary/aromatic N) is 2. The number of hydrogen-bond donors (Lipinski definition) is 1. The lowest BCUT2D eigenvalue weighted by atomic mass is 9.87. The summed E-state index contributed by atoms with van der Waals surface area (Å²) in [5.41, 5.74) is 3.12. The van der Waals surface area contributed by atoms with Gasteiger partial charge < -0.3 is 5.11 Å². The summed E-state index contributed by atoms with van der Waals surface area (Å²) < 4.78 is 0. The fourth-order valence-corrected chi connectivity index (χ4v) is 2.19. The number of pyridine rings is 2. The van der Waals surface area contributed by atoms with Crippen LogP contribution in [0.5, 0.6) is 0 Å². The Balaban J connectivity index is 2.43. The van der Waals surface area contributed by atoms with Crippen molar-refractivity contribution in [2.24, 2.45) is 5.41 Å². The number of hydrogen-bond acceptors (Lipinski definition) is 3. The molecule has 2 heterocycles. The van der Waals surface area contributed by atoms with E-state index in [4.69, 9.17) is 4.98 Å². The average molecular weight is 298 g/mol. The van der Waals surface area contributed by atoms with Crippen molar-refractivity contribution in [3.05, 3.63) is 47.8 Å². The highest BCUT2D eigenvalue weighted by Crippen LogP contribution is 2.32. The van der Waals surface area contributed by atoms with Crippen molar-refractivity contribution in [1.29, 1.82) is 0 Å². The van der Waals surface area contributed by atoms with Crippen LogP contribution in [0.25, 0.3) is 11.4 Å². The second-order valence-electron chi connectivity index (χ2n) is 7.87. The molecule has 0 aromatic carbocycles. The molecule has 2 aromatic heterocycles. The summed E-state index contributed by atoms with van der Waals surface area (Å²) >= 11 is 0. The number of aromatic nitrogens is 2. The average Bonchev–Trinajstić information content (AvgIpc) is 2.45. The minimum atomic E-state index is -0.599. The molecule has 1 N–H and O–H groups in total. The molecule has 0 aliphatic rings. The molecule has 0 saturated carbocycles. The quantitative estimate of drug-likeness (QED) is 0.886. The molecule has 0 radical (unpaired) electrons. The molecule has 0 unspecified atom stereocenters. The van der Waals surface area contributed by atoms with Crippen LogP contribution >= 0.6 is 0 Å². The lowest BCUT2D eigenvalue weighted by molar-refractivity contribution is 0.0590. The topological polar surface area (TPSA) is 46.0 Å². The van der Waals surface area contributed by atoms with Crippen molar-refractivity contribution in [3.63, 3.8) is 0 Å². The standard InChI is InChI=1S/C19H26N2O/c1-18(2,3)16-12-8-10-14(21-16)13-9-7-11-15(20-13)17(22)19(4,5)6/h7-12,17,22H,1-6H3/t17-/m1/s1. The fourth-order valence-electron chi connectivity index (χ4n) is 2.19. The van der Waals surface area contributed by atoms with E-state index < -0.39 is 6.10 Å². The summed E-state index contributed by atoms with van der Waals surface area (Å²) in [6, 6.07) is 11.7. The summed E-state index contributed by atoms with van der Waals surface area (Å²) in [7, 11) is 0. The van der Waals surface area contributed by atoms with E-state index in [1.807, 2.05) is 57.2 Å². The van der Waals surface area contributed by atoms with Gasteiger partial charge in [0.25, 0.3) is 0 Å². The molecule has 0 fully saturated rings. The molecule has 1 atom stereocenters. The van der Waals surface area contributed by atoms with E-state index in [0.29, 0.717) is 5.69 Å². The minimum absolute atomic E-state index is 0.00144. The summed E-state index contributed by atoms with van der Waals surface area (Å²) in [4.78, 5) is 9.35. The Morgan fingerprint density at radius 1 is 0.818 bits per heavy atom. The largest absolute Gasteiger partial charge is 0.386 e. The molecule has 0 spiro atoms. The van der Waals surface area contributed by atoms with Crippen LogP contribution in [0, 0.1) is 5.41 Å². The van der Waals surface area contributed by atoms with E-state index in [9.17, 15) is 5.11 Å². The normalized spacial score (nSPS) is 14.0. The van der Waals surface area contributed by atoms with E-state index in [1.54, 1.807) is 0 Å². The Bertz CT molecular complexity index is 651. The Morgan fingerprint density at radius 3 is 1.91 bits per heavy atom. The molecule has 0 bridgehead atoms. The Labute approximate surface area is 133 Å². The predicted molar refractivity (Wildman–Crippen MR) is 90.6 cm³/mol. The first kappa shape index (κ1) is 16.6. The molecule has 22 heavy (non-hydrogen) atoms. The zero-order chi connectivity index (χ0) is 16.5. The molecule has 3 nitrogen and oxygen atoms in total. The molecule has 118 valence electrons. The van der Waals surface area contributed by atoms with Crippen molar-refractivity contribution >= 4 is 0 Å². The molecule has 0 saturated heterocycles. The molecular weight excluding hydrogens is 272 g/mol. The Morgan fingerprint density at radius 2 is 1.36 bits per heavy atom. The number of aliphatic hydroxyl groups is 1. The van der Waals surface area contributed by atoms with Gasteiger partial charge in [-0.1, -0.05) is 53.7 Å². The highest BCUT2D eigenvalue weighted by atomic mass is 16.3. The molecule has 2 rings (SSSR count). The Kier molecular flexibility index (Phi) is 4.39. The van der Waals surface area contributed by atoms with Crippen molar-refractivity contribution in [2.75, 3.05) is 0 Å². The summed E-state index contributed by atoms with van der Waals surface area (Å²) in [5, 5.41) is 10.4. The molecule has 2 aromatic rings. The maximum Gasteiger partial charge on any atom is 0.101 e. The van der Waals surface area contributed by atoms with Gasteiger partial charge in [0.15, 0.2) is 0 Å². The van der Waals surface area contributed by atoms with Crippen LogP contribution in [0.15, 0.2) is 36.4 Å². The first-order chi connectivity index (χ1) is 10.1. The van der Waals surface area contributed by atoms with Crippen LogP contribution in [-0.2, 0) is 5.41 Å². The van der Waals surface area contributed by atoms with Gasteiger partial charge in [0.2, 0.25) is 0 Å². The van der Waals surface area contributed by atoms with Gasteiger partial charge >= 0.3 is 0 Å². The first-order valence-corrected chi connectivity index (χ1v) is 7.72. The summed E-state index contributed by atoms with van der Waals surface area (Å²) in [5.74, 6) is 0. The van der Waals surface area contributed by atoms with Crippen LogP contribution < -0.4 is 0 Å². The van der Waals surface area contributed by atoms with Crippen LogP contribution in [-0.4, -0.2) is 15.1 Å². The van der Waals surface area contributed by atoms with Crippen LogP contribution in [0.3, 0.4) is 0 Å². The zero-order valence-electron chi connectivity index (χ0n) is 14.4. The van der Waals surface area contributed by atoms with Crippen molar-refractivity contribution < 1.29 is 5.11 Å². The van der Waals surface area contributed by atoms with Gasteiger partial charge in [0.05, 0.1) is 17.1 Å². The predicted octanol–water partition coefficient (Wildman–Crippen LogP) is 4.52. The second kappa shape index (κ2) is 5.81. The second-order valence-corrected chi connectivity index (χ2v) is 7.87. The van der Waals surface area contributed by atoms with Gasteiger partial charge in [0, 0.05) is 11.1 Å². The third-order valence-corrected chi connectivity index (χ3v) is 3.65. The summed E-state index contributed by atoms with van der Waals surface area (Å²) in [6.45, 7) is 12.4. The lowest BCUT2D eigenvalue weighted by Crippen LogP contribution is -2.19. The molecule has 0 amide bonds. The van der Waals surface area contributed by atoms with Crippen molar-refractivity contribution in [2.45, 2.75) is 53.1 Å². The van der Waals surface area contributed by atoms with Crippen molar-refractivity contribution in [1.82, 2.24) is 9.97 Å². The van der Waals surface area contributed by atoms with Gasteiger partial charge in [-0.15, -0.1) is 0 Å². The molecular formula is C19H26N2O. The van der Waals surface area contributed by atoms with E-state index in [0.717, 1.165) is 17.1 Å². The molecule has 0 aliphatic carbocycles. The van der Waals surface area contributed by atoms with Gasteiger partial charge in [-0.25, -0.2) is 4.98 Å². The number of rotatable bonds is 2. The Hall–Kier alpha value is -1.74. The number of aliphatic hydroxyl groups excluding tert-OH is 1. The third-order valence-electron chi connectivity index (χ3n) is 3.65. The van der Waals surface area contributed by atoms with E-state index >= 15 is 0 Å². The van der Waals surface area contributed by atoms with Gasteiger partial charge in [0.1, 0.15) is 6.10 Å².